The first-order valence-corrected chi connectivity index (χ1v) is 8.19. The molecule has 0 radical (unpaired) electrons. The minimum absolute atomic E-state index is 0. The van der Waals surface area contributed by atoms with Gasteiger partial charge in [-0.15, -0.1) is 12.4 Å². The lowest BCUT2D eigenvalue weighted by atomic mass is 10.00. The zero-order valence-corrected chi connectivity index (χ0v) is 14.2. The maximum absolute atomic E-state index is 12.1. The van der Waals surface area contributed by atoms with Crippen LogP contribution >= 0.6 is 12.4 Å². The molecule has 3 rings (SSSR count). The number of amides is 1. The van der Waals surface area contributed by atoms with Crippen LogP contribution in [0.2, 0.25) is 0 Å². The fourth-order valence-corrected chi connectivity index (χ4v) is 3.02. The van der Waals surface area contributed by atoms with Crippen molar-refractivity contribution in [3.05, 3.63) is 35.4 Å². The van der Waals surface area contributed by atoms with E-state index in [0.29, 0.717) is 24.3 Å². The average molecular weight is 323 g/mol. The lowest BCUT2D eigenvalue weighted by molar-refractivity contribution is -0.122. The van der Waals surface area contributed by atoms with Crippen molar-refractivity contribution in [2.24, 2.45) is 17.6 Å². The van der Waals surface area contributed by atoms with Gasteiger partial charge in [-0.25, -0.2) is 0 Å². The molecule has 0 aromatic heterocycles. The second kappa shape index (κ2) is 7.01. The highest BCUT2D eigenvalue weighted by molar-refractivity contribution is 5.85. The molecule has 2 fully saturated rings. The van der Waals surface area contributed by atoms with Crippen LogP contribution in [0.3, 0.4) is 0 Å². The van der Waals surface area contributed by atoms with Crippen LogP contribution in [-0.2, 0) is 4.79 Å². The van der Waals surface area contributed by atoms with Gasteiger partial charge in [0.15, 0.2) is 0 Å². The van der Waals surface area contributed by atoms with Crippen molar-refractivity contribution in [1.82, 2.24) is 5.32 Å². The molecule has 22 heavy (non-hydrogen) atoms. The molecule has 0 heterocycles. The maximum atomic E-state index is 12.1. The Bertz CT molecular complexity index is 510. The smallest absolute Gasteiger partial charge is 0.223 e. The van der Waals surface area contributed by atoms with Crippen LogP contribution in [-0.4, -0.2) is 18.5 Å². The summed E-state index contributed by atoms with van der Waals surface area (Å²) < 4.78 is 0. The van der Waals surface area contributed by atoms with Crippen LogP contribution in [0, 0.1) is 11.8 Å². The number of hydrogen-bond donors (Lipinski definition) is 2. The third kappa shape index (κ3) is 4.02. The van der Waals surface area contributed by atoms with Gasteiger partial charge in [0.05, 0.1) is 0 Å². The van der Waals surface area contributed by atoms with E-state index in [0.717, 1.165) is 6.42 Å². The van der Waals surface area contributed by atoms with Crippen LogP contribution in [0.4, 0.5) is 0 Å². The zero-order chi connectivity index (χ0) is 15.0. The monoisotopic (exact) mass is 322 g/mol. The molecular formula is C18H27ClN2O. The predicted octanol–water partition coefficient (Wildman–Crippen LogP) is 3.19. The summed E-state index contributed by atoms with van der Waals surface area (Å²) in [6.07, 6.45) is 3.43. The summed E-state index contributed by atoms with van der Waals surface area (Å²) >= 11 is 0. The van der Waals surface area contributed by atoms with Gasteiger partial charge in [0, 0.05) is 18.5 Å². The summed E-state index contributed by atoms with van der Waals surface area (Å²) in [7, 11) is 0. The molecule has 0 saturated heterocycles. The minimum Gasteiger partial charge on any atom is -0.354 e. The molecule has 0 spiro atoms. The molecule has 0 aliphatic heterocycles. The Hall–Kier alpha value is -1.06. The Kier molecular flexibility index (Phi) is 5.51. The van der Waals surface area contributed by atoms with E-state index in [1.54, 1.807) is 0 Å². The van der Waals surface area contributed by atoms with E-state index in [4.69, 9.17) is 5.73 Å². The second-order valence-electron chi connectivity index (χ2n) is 7.02. The van der Waals surface area contributed by atoms with Crippen molar-refractivity contribution in [3.8, 4) is 0 Å². The van der Waals surface area contributed by atoms with Gasteiger partial charge in [-0.1, -0.05) is 38.1 Å². The number of carbonyl (C=O) groups excluding carboxylic acids is 1. The fourth-order valence-electron chi connectivity index (χ4n) is 3.02. The molecule has 2 aliphatic rings. The van der Waals surface area contributed by atoms with Crippen molar-refractivity contribution in [3.63, 3.8) is 0 Å². The van der Waals surface area contributed by atoms with Crippen molar-refractivity contribution in [2.75, 3.05) is 6.54 Å². The Morgan fingerprint density at radius 3 is 2.45 bits per heavy atom. The van der Waals surface area contributed by atoms with Crippen LogP contribution in [0.5, 0.6) is 0 Å². The van der Waals surface area contributed by atoms with E-state index in [9.17, 15) is 4.79 Å². The summed E-state index contributed by atoms with van der Waals surface area (Å²) in [6, 6.07) is 8.90. The van der Waals surface area contributed by atoms with Gasteiger partial charge >= 0.3 is 0 Å². The first-order chi connectivity index (χ1) is 10.1. The second-order valence-corrected chi connectivity index (χ2v) is 7.02. The van der Waals surface area contributed by atoms with E-state index in [1.165, 1.54) is 24.0 Å². The van der Waals surface area contributed by atoms with Gasteiger partial charge in [-0.05, 0) is 48.1 Å². The molecular weight excluding hydrogens is 296 g/mol. The summed E-state index contributed by atoms with van der Waals surface area (Å²) in [5, 5.41) is 3.03. The molecule has 2 saturated carbocycles. The molecule has 122 valence electrons. The molecule has 3 nitrogen and oxygen atoms in total. The number of rotatable bonds is 6. The van der Waals surface area contributed by atoms with Gasteiger partial charge in [0.1, 0.15) is 0 Å². The number of nitrogens with one attached hydrogen (secondary N) is 1. The summed E-state index contributed by atoms with van der Waals surface area (Å²) in [4.78, 5) is 12.1. The first-order valence-electron chi connectivity index (χ1n) is 8.19. The van der Waals surface area contributed by atoms with Gasteiger partial charge in [0.2, 0.25) is 5.91 Å². The lowest BCUT2D eigenvalue weighted by Gasteiger charge is -2.11. The summed E-state index contributed by atoms with van der Waals surface area (Å²) in [5.74, 6) is 1.94. The molecule has 1 aromatic carbocycles. The highest BCUT2D eigenvalue weighted by atomic mass is 35.5. The largest absolute Gasteiger partial charge is 0.354 e. The third-order valence-corrected chi connectivity index (χ3v) is 4.90. The topological polar surface area (TPSA) is 55.1 Å². The first kappa shape index (κ1) is 17.3. The molecule has 1 aromatic rings. The molecule has 1 amide bonds. The number of hydrogen-bond acceptors (Lipinski definition) is 2. The van der Waals surface area contributed by atoms with Crippen molar-refractivity contribution >= 4 is 18.3 Å². The SMILES string of the molecule is CC(C)c1ccc(C2CC2C(=O)NCC(N)C2CC2)cc1.Cl. The minimum atomic E-state index is 0. The number of halogens is 1. The van der Waals surface area contributed by atoms with Gasteiger partial charge in [-0.2, -0.15) is 0 Å². The zero-order valence-electron chi connectivity index (χ0n) is 13.4. The van der Waals surface area contributed by atoms with Crippen LogP contribution in [0.15, 0.2) is 24.3 Å². The lowest BCUT2D eigenvalue weighted by Crippen LogP contribution is -2.39. The van der Waals surface area contributed by atoms with Gasteiger partial charge < -0.3 is 11.1 Å². The molecule has 3 atom stereocenters. The van der Waals surface area contributed by atoms with E-state index < -0.39 is 0 Å². The Morgan fingerprint density at radius 1 is 1.27 bits per heavy atom. The van der Waals surface area contributed by atoms with Crippen molar-refractivity contribution in [1.29, 1.82) is 0 Å². The van der Waals surface area contributed by atoms with Crippen molar-refractivity contribution < 1.29 is 4.79 Å². The molecule has 4 heteroatoms. The van der Waals surface area contributed by atoms with Crippen LogP contribution < -0.4 is 11.1 Å². The number of nitrogens with two attached hydrogens (primary N) is 1. The fraction of sp³-hybridized carbons (Fsp3) is 0.611. The molecule has 3 unspecified atom stereocenters. The Morgan fingerprint density at radius 2 is 1.91 bits per heavy atom. The van der Waals surface area contributed by atoms with Crippen molar-refractivity contribution in [2.45, 2.75) is 51.0 Å². The normalized spacial score (nSPS) is 24.5. The molecule has 0 bridgehead atoms. The highest BCUT2D eigenvalue weighted by Crippen LogP contribution is 2.47. The standard InChI is InChI=1S/C18H26N2O.ClH/c1-11(2)12-3-5-13(6-4-12)15-9-16(15)18(21)20-10-17(19)14-7-8-14;/h3-6,11,14-17H,7-10,19H2,1-2H3,(H,20,21);1H. The van der Waals surface area contributed by atoms with E-state index in [2.05, 4.69) is 43.4 Å². The van der Waals surface area contributed by atoms with Gasteiger partial charge in [0.25, 0.3) is 0 Å². The third-order valence-electron chi connectivity index (χ3n) is 4.90. The predicted molar refractivity (Wildman–Crippen MR) is 92.3 cm³/mol. The average Bonchev–Trinajstić information content (AvgIpc) is 3.37. The quantitative estimate of drug-likeness (QED) is 0.845. The van der Waals surface area contributed by atoms with E-state index in [1.807, 2.05) is 0 Å². The number of carbonyl (C=O) groups is 1. The number of benzene rings is 1. The van der Waals surface area contributed by atoms with E-state index in [-0.39, 0.29) is 30.3 Å². The maximum Gasteiger partial charge on any atom is 0.223 e. The highest BCUT2D eigenvalue weighted by Gasteiger charge is 2.44. The Labute approximate surface area is 139 Å². The van der Waals surface area contributed by atoms with E-state index >= 15 is 0 Å². The molecule has 3 N–H and O–H groups in total. The molecule has 2 aliphatic carbocycles. The summed E-state index contributed by atoms with van der Waals surface area (Å²) in [6.45, 7) is 5.04. The summed E-state index contributed by atoms with van der Waals surface area (Å²) in [5.41, 5.74) is 8.68. The van der Waals surface area contributed by atoms with Crippen LogP contribution in [0.1, 0.15) is 56.1 Å². The van der Waals surface area contributed by atoms with Gasteiger partial charge in [-0.3, -0.25) is 4.79 Å². The van der Waals surface area contributed by atoms with Crippen LogP contribution in [0.25, 0.3) is 0 Å². The Balaban J connectivity index is 0.00000176.